The Morgan fingerprint density at radius 1 is 1.08 bits per heavy atom. The second-order valence-corrected chi connectivity index (χ2v) is 3.51. The SMILES string of the molecule is COc1c(C)cc(N(C)C)cc1C. The molecule has 0 amide bonds. The maximum atomic E-state index is 5.29. The maximum absolute atomic E-state index is 5.29. The van der Waals surface area contributed by atoms with Gasteiger partial charge in [0, 0.05) is 19.8 Å². The van der Waals surface area contributed by atoms with Gasteiger partial charge in [-0.3, -0.25) is 0 Å². The van der Waals surface area contributed by atoms with E-state index < -0.39 is 0 Å². The summed E-state index contributed by atoms with van der Waals surface area (Å²) in [5, 5.41) is 0. The summed E-state index contributed by atoms with van der Waals surface area (Å²) in [6.07, 6.45) is 0. The smallest absolute Gasteiger partial charge is 0.124 e. The lowest BCUT2D eigenvalue weighted by atomic mass is 10.1. The molecule has 2 nitrogen and oxygen atoms in total. The van der Waals surface area contributed by atoms with Crippen LogP contribution in [0.5, 0.6) is 5.75 Å². The Bertz CT molecular complexity index is 282. The molecule has 0 radical (unpaired) electrons. The van der Waals surface area contributed by atoms with E-state index in [1.165, 1.54) is 16.8 Å². The lowest BCUT2D eigenvalue weighted by Gasteiger charge is -2.16. The Balaban J connectivity index is 3.20. The summed E-state index contributed by atoms with van der Waals surface area (Å²) < 4.78 is 5.29. The molecule has 0 atom stereocenters. The van der Waals surface area contributed by atoms with Gasteiger partial charge < -0.3 is 9.64 Å². The molecular weight excluding hydrogens is 162 g/mol. The molecule has 1 rings (SSSR count). The number of rotatable bonds is 2. The van der Waals surface area contributed by atoms with Crippen LogP contribution in [0.1, 0.15) is 11.1 Å². The third-order valence-corrected chi connectivity index (χ3v) is 2.17. The first-order chi connectivity index (χ1) is 6.06. The number of ether oxygens (including phenoxy) is 1. The number of aryl methyl sites for hydroxylation is 2. The molecule has 0 saturated heterocycles. The van der Waals surface area contributed by atoms with Crippen LogP contribution in [0.15, 0.2) is 12.1 Å². The Kier molecular flexibility index (Phi) is 2.81. The molecule has 0 spiro atoms. The van der Waals surface area contributed by atoms with Gasteiger partial charge in [-0.25, -0.2) is 0 Å². The molecule has 0 unspecified atom stereocenters. The number of hydrogen-bond donors (Lipinski definition) is 0. The van der Waals surface area contributed by atoms with Gasteiger partial charge in [0.05, 0.1) is 7.11 Å². The molecule has 13 heavy (non-hydrogen) atoms. The van der Waals surface area contributed by atoms with Gasteiger partial charge in [0.25, 0.3) is 0 Å². The van der Waals surface area contributed by atoms with E-state index in [1.54, 1.807) is 7.11 Å². The minimum atomic E-state index is 0.991. The van der Waals surface area contributed by atoms with E-state index in [4.69, 9.17) is 4.74 Å². The zero-order valence-corrected chi connectivity index (χ0v) is 9.01. The first kappa shape index (κ1) is 9.90. The van der Waals surface area contributed by atoms with E-state index in [1.807, 2.05) is 14.1 Å². The molecule has 0 aliphatic heterocycles. The van der Waals surface area contributed by atoms with Crippen molar-refractivity contribution in [1.29, 1.82) is 0 Å². The first-order valence-electron chi connectivity index (χ1n) is 4.39. The molecule has 1 aromatic rings. The van der Waals surface area contributed by atoms with Gasteiger partial charge in [-0.05, 0) is 37.1 Å². The average molecular weight is 179 g/mol. The van der Waals surface area contributed by atoms with Crippen molar-refractivity contribution < 1.29 is 4.74 Å². The first-order valence-corrected chi connectivity index (χ1v) is 4.39. The number of hydrogen-bond acceptors (Lipinski definition) is 2. The highest BCUT2D eigenvalue weighted by molar-refractivity contribution is 5.55. The number of anilines is 1. The van der Waals surface area contributed by atoms with E-state index in [-0.39, 0.29) is 0 Å². The highest BCUT2D eigenvalue weighted by Crippen LogP contribution is 2.27. The predicted molar refractivity (Wildman–Crippen MR) is 56.8 cm³/mol. The molecule has 0 aliphatic rings. The van der Waals surface area contributed by atoms with Crippen LogP contribution < -0.4 is 9.64 Å². The van der Waals surface area contributed by atoms with Crippen molar-refractivity contribution in [2.45, 2.75) is 13.8 Å². The summed E-state index contributed by atoms with van der Waals surface area (Å²) in [5.74, 6) is 0.991. The van der Waals surface area contributed by atoms with Gasteiger partial charge in [0.2, 0.25) is 0 Å². The van der Waals surface area contributed by atoms with E-state index in [0.29, 0.717) is 0 Å². The Labute approximate surface area is 80.1 Å². The van der Waals surface area contributed by atoms with Crippen LogP contribution in [0.4, 0.5) is 5.69 Å². The summed E-state index contributed by atoms with van der Waals surface area (Å²) in [4.78, 5) is 2.10. The van der Waals surface area contributed by atoms with Crippen molar-refractivity contribution in [1.82, 2.24) is 0 Å². The Morgan fingerprint density at radius 3 is 1.85 bits per heavy atom. The van der Waals surface area contributed by atoms with Crippen LogP contribution in [0.2, 0.25) is 0 Å². The van der Waals surface area contributed by atoms with Crippen LogP contribution in [0.3, 0.4) is 0 Å². The molecule has 0 saturated carbocycles. The second kappa shape index (κ2) is 3.69. The summed E-state index contributed by atoms with van der Waals surface area (Å²) in [5.41, 5.74) is 3.59. The minimum absolute atomic E-state index is 0.991. The molecule has 0 aromatic heterocycles. The normalized spacial score (nSPS) is 9.92. The summed E-state index contributed by atoms with van der Waals surface area (Å²) >= 11 is 0. The van der Waals surface area contributed by atoms with E-state index >= 15 is 0 Å². The Hall–Kier alpha value is -1.18. The molecule has 0 aliphatic carbocycles. The predicted octanol–water partition coefficient (Wildman–Crippen LogP) is 2.38. The highest BCUT2D eigenvalue weighted by Gasteiger charge is 2.05. The Morgan fingerprint density at radius 2 is 1.54 bits per heavy atom. The van der Waals surface area contributed by atoms with Crippen LogP contribution in [-0.2, 0) is 0 Å². The molecule has 0 N–H and O–H groups in total. The summed E-state index contributed by atoms with van der Waals surface area (Å²) in [6, 6.07) is 4.26. The quantitative estimate of drug-likeness (QED) is 0.691. The molecule has 0 heterocycles. The van der Waals surface area contributed by atoms with Crippen molar-refractivity contribution >= 4 is 5.69 Å². The third-order valence-electron chi connectivity index (χ3n) is 2.17. The summed E-state index contributed by atoms with van der Waals surface area (Å²) in [7, 11) is 5.80. The van der Waals surface area contributed by atoms with Crippen LogP contribution >= 0.6 is 0 Å². The van der Waals surface area contributed by atoms with E-state index in [0.717, 1.165) is 5.75 Å². The highest BCUT2D eigenvalue weighted by atomic mass is 16.5. The molecule has 0 bridgehead atoms. The molecule has 2 heteroatoms. The largest absolute Gasteiger partial charge is 0.496 e. The summed E-state index contributed by atoms with van der Waals surface area (Å²) in [6.45, 7) is 4.14. The lowest BCUT2D eigenvalue weighted by Crippen LogP contribution is -2.09. The minimum Gasteiger partial charge on any atom is -0.496 e. The second-order valence-electron chi connectivity index (χ2n) is 3.51. The average Bonchev–Trinajstić information content (AvgIpc) is 2.03. The van der Waals surface area contributed by atoms with Gasteiger partial charge in [-0.2, -0.15) is 0 Å². The van der Waals surface area contributed by atoms with E-state index in [9.17, 15) is 0 Å². The fourth-order valence-corrected chi connectivity index (χ4v) is 1.51. The van der Waals surface area contributed by atoms with Crippen molar-refractivity contribution in [3.63, 3.8) is 0 Å². The van der Waals surface area contributed by atoms with Crippen LogP contribution in [0.25, 0.3) is 0 Å². The molecule has 72 valence electrons. The maximum Gasteiger partial charge on any atom is 0.124 e. The van der Waals surface area contributed by atoms with Crippen molar-refractivity contribution in [2.24, 2.45) is 0 Å². The third kappa shape index (κ3) is 1.94. The van der Waals surface area contributed by atoms with Gasteiger partial charge in [0.1, 0.15) is 5.75 Å². The lowest BCUT2D eigenvalue weighted by molar-refractivity contribution is 0.408. The number of nitrogens with zero attached hydrogens (tertiary/aromatic N) is 1. The molecular formula is C11H17NO. The van der Waals surface area contributed by atoms with Gasteiger partial charge in [0.15, 0.2) is 0 Å². The van der Waals surface area contributed by atoms with Crippen molar-refractivity contribution in [3.05, 3.63) is 23.3 Å². The molecule has 1 aromatic carbocycles. The van der Waals surface area contributed by atoms with Gasteiger partial charge in [-0.15, -0.1) is 0 Å². The standard InChI is InChI=1S/C11H17NO/c1-8-6-10(12(3)4)7-9(2)11(8)13-5/h6-7H,1-5H3. The monoisotopic (exact) mass is 179 g/mol. The zero-order chi connectivity index (χ0) is 10.0. The zero-order valence-electron chi connectivity index (χ0n) is 9.01. The fraction of sp³-hybridized carbons (Fsp3) is 0.455. The van der Waals surface area contributed by atoms with Gasteiger partial charge in [-0.1, -0.05) is 0 Å². The van der Waals surface area contributed by atoms with E-state index in [2.05, 4.69) is 30.9 Å². The van der Waals surface area contributed by atoms with Crippen LogP contribution in [0, 0.1) is 13.8 Å². The topological polar surface area (TPSA) is 12.5 Å². The van der Waals surface area contributed by atoms with Crippen molar-refractivity contribution in [2.75, 3.05) is 26.1 Å². The van der Waals surface area contributed by atoms with Crippen molar-refractivity contribution in [3.8, 4) is 5.75 Å². The van der Waals surface area contributed by atoms with Crippen LogP contribution in [-0.4, -0.2) is 21.2 Å². The van der Waals surface area contributed by atoms with Gasteiger partial charge >= 0.3 is 0 Å². The number of benzene rings is 1. The number of methoxy groups -OCH3 is 1. The molecule has 0 fully saturated rings. The fourth-order valence-electron chi connectivity index (χ4n) is 1.51.